The number of hydrogen-bond acceptors (Lipinski definition) is 4. The summed E-state index contributed by atoms with van der Waals surface area (Å²) < 4.78 is 48.4. The van der Waals surface area contributed by atoms with E-state index in [0.717, 1.165) is 6.26 Å². The first-order chi connectivity index (χ1) is 8.62. The van der Waals surface area contributed by atoms with E-state index < -0.39 is 19.9 Å². The Labute approximate surface area is 126 Å². The molecule has 0 saturated heterocycles. The summed E-state index contributed by atoms with van der Waals surface area (Å²) in [7, 11) is -6.73. The quantitative estimate of drug-likeness (QED) is 0.751. The Kier molecular flexibility index (Phi) is 5.81. The lowest BCUT2D eigenvalue weighted by molar-refractivity contribution is 0.577. The monoisotopic (exact) mass is 389 g/mol. The largest absolute Gasteiger partial charge is 0.240 e. The zero-order valence-corrected chi connectivity index (χ0v) is 14.0. The third-order valence-corrected chi connectivity index (χ3v) is 5.89. The van der Waals surface area contributed by atoms with E-state index >= 15 is 0 Å². The van der Waals surface area contributed by atoms with Gasteiger partial charge in [0.1, 0.15) is 9.84 Å². The van der Waals surface area contributed by atoms with Crippen LogP contribution in [-0.4, -0.2) is 35.4 Å². The molecule has 1 aromatic rings. The molecule has 0 saturated carbocycles. The zero-order chi connectivity index (χ0) is 14.7. The van der Waals surface area contributed by atoms with Crippen molar-refractivity contribution in [3.05, 3.63) is 27.7 Å². The number of rotatable bonds is 6. The molecule has 0 bridgehead atoms. The highest BCUT2D eigenvalue weighted by atomic mass is 79.9. The summed E-state index contributed by atoms with van der Waals surface area (Å²) in [5.74, 6) is -0.0557. The van der Waals surface area contributed by atoms with E-state index in [-0.39, 0.29) is 23.6 Å². The van der Waals surface area contributed by atoms with Gasteiger partial charge in [-0.25, -0.2) is 21.6 Å². The number of benzene rings is 1. The van der Waals surface area contributed by atoms with Crippen LogP contribution in [0.1, 0.15) is 6.42 Å². The Morgan fingerprint density at radius 1 is 1.26 bits per heavy atom. The van der Waals surface area contributed by atoms with Crippen molar-refractivity contribution in [2.24, 2.45) is 0 Å². The normalized spacial score (nSPS) is 12.6. The van der Waals surface area contributed by atoms with Crippen LogP contribution < -0.4 is 4.72 Å². The van der Waals surface area contributed by atoms with E-state index in [4.69, 9.17) is 11.6 Å². The van der Waals surface area contributed by atoms with Crippen molar-refractivity contribution in [1.82, 2.24) is 4.72 Å². The molecule has 0 amide bonds. The lowest BCUT2D eigenvalue weighted by Crippen LogP contribution is -2.26. The fourth-order valence-corrected chi connectivity index (χ4v) is 3.68. The average Bonchev–Trinajstić information content (AvgIpc) is 2.27. The second-order valence-electron chi connectivity index (χ2n) is 3.96. The first kappa shape index (κ1) is 16.9. The van der Waals surface area contributed by atoms with Crippen LogP contribution in [-0.2, 0) is 19.9 Å². The fourth-order valence-electron chi connectivity index (χ4n) is 1.27. The predicted molar refractivity (Wildman–Crippen MR) is 78.7 cm³/mol. The van der Waals surface area contributed by atoms with Crippen LogP contribution in [0.5, 0.6) is 0 Å². The smallest absolute Gasteiger partial charge is 0.229 e. The van der Waals surface area contributed by atoms with Gasteiger partial charge in [0.2, 0.25) is 10.0 Å². The van der Waals surface area contributed by atoms with E-state index in [9.17, 15) is 16.8 Å². The minimum absolute atomic E-state index is 0.0557. The van der Waals surface area contributed by atoms with Gasteiger partial charge >= 0.3 is 0 Å². The number of sulfone groups is 1. The molecule has 0 aromatic heterocycles. The van der Waals surface area contributed by atoms with Gasteiger partial charge in [0.25, 0.3) is 0 Å². The Morgan fingerprint density at radius 3 is 2.42 bits per heavy atom. The molecule has 1 N–H and O–H groups in total. The van der Waals surface area contributed by atoms with Crippen LogP contribution in [0.4, 0.5) is 0 Å². The van der Waals surface area contributed by atoms with Crippen LogP contribution in [0.2, 0.25) is 5.02 Å². The number of nitrogens with one attached hydrogen (secondary N) is 1. The molecule has 108 valence electrons. The van der Waals surface area contributed by atoms with Crippen LogP contribution in [0, 0.1) is 0 Å². The molecule has 0 fully saturated rings. The third kappa shape index (κ3) is 5.78. The van der Waals surface area contributed by atoms with E-state index in [1.807, 2.05) is 0 Å². The van der Waals surface area contributed by atoms with Crippen LogP contribution in [0.15, 0.2) is 27.6 Å². The number of sulfonamides is 1. The molecular formula is C10H13BrClNO4S2. The van der Waals surface area contributed by atoms with Crippen molar-refractivity contribution in [2.45, 2.75) is 11.3 Å². The van der Waals surface area contributed by atoms with Crippen LogP contribution in [0.25, 0.3) is 0 Å². The number of hydrogen-bond donors (Lipinski definition) is 1. The summed E-state index contributed by atoms with van der Waals surface area (Å²) in [4.78, 5) is 0.0723. The van der Waals surface area contributed by atoms with E-state index in [1.54, 1.807) is 0 Å². The second kappa shape index (κ2) is 6.53. The van der Waals surface area contributed by atoms with Gasteiger partial charge in [0.05, 0.1) is 15.7 Å². The van der Waals surface area contributed by atoms with E-state index in [2.05, 4.69) is 20.7 Å². The van der Waals surface area contributed by atoms with E-state index in [0.29, 0.717) is 9.50 Å². The molecule has 0 aliphatic carbocycles. The molecule has 0 spiro atoms. The van der Waals surface area contributed by atoms with Gasteiger partial charge < -0.3 is 0 Å². The van der Waals surface area contributed by atoms with Gasteiger partial charge in [0, 0.05) is 17.3 Å². The topological polar surface area (TPSA) is 80.3 Å². The molecular weight excluding hydrogens is 378 g/mol. The summed E-state index contributed by atoms with van der Waals surface area (Å²) in [6.07, 6.45) is 1.34. The van der Waals surface area contributed by atoms with Crippen LogP contribution >= 0.6 is 27.5 Å². The Hall–Kier alpha value is -0.150. The highest BCUT2D eigenvalue weighted by Gasteiger charge is 2.15. The van der Waals surface area contributed by atoms with Crippen molar-refractivity contribution in [1.29, 1.82) is 0 Å². The van der Waals surface area contributed by atoms with E-state index in [1.165, 1.54) is 18.2 Å². The van der Waals surface area contributed by atoms with Gasteiger partial charge in [-0.15, -0.1) is 0 Å². The van der Waals surface area contributed by atoms with Crippen molar-refractivity contribution < 1.29 is 16.8 Å². The Bertz CT molecular complexity index is 658. The van der Waals surface area contributed by atoms with Crippen molar-refractivity contribution >= 4 is 47.4 Å². The summed E-state index contributed by atoms with van der Waals surface area (Å²) >= 11 is 8.92. The second-order valence-corrected chi connectivity index (χ2v) is 9.25. The number of halogens is 2. The SMILES string of the molecule is CS(=O)(=O)CCCNS(=O)(=O)c1ccc(Cl)c(Br)c1. The van der Waals surface area contributed by atoms with Crippen LogP contribution in [0.3, 0.4) is 0 Å². The maximum absolute atomic E-state index is 11.9. The third-order valence-electron chi connectivity index (χ3n) is 2.19. The van der Waals surface area contributed by atoms with Gasteiger partial charge in [-0.2, -0.15) is 0 Å². The van der Waals surface area contributed by atoms with Crippen molar-refractivity contribution in [3.8, 4) is 0 Å². The molecule has 0 aliphatic rings. The lowest BCUT2D eigenvalue weighted by Gasteiger charge is -2.07. The van der Waals surface area contributed by atoms with Gasteiger partial charge in [-0.05, 0) is 40.5 Å². The Balaban J connectivity index is 2.68. The molecule has 1 rings (SSSR count). The van der Waals surface area contributed by atoms with Gasteiger partial charge in [-0.1, -0.05) is 11.6 Å². The summed E-state index contributed by atoms with van der Waals surface area (Å²) in [5, 5.41) is 0.413. The van der Waals surface area contributed by atoms with Gasteiger partial charge in [-0.3, -0.25) is 0 Å². The maximum Gasteiger partial charge on any atom is 0.240 e. The molecule has 9 heteroatoms. The molecule has 1 aromatic carbocycles. The molecule has 5 nitrogen and oxygen atoms in total. The highest BCUT2D eigenvalue weighted by molar-refractivity contribution is 9.10. The standard InChI is InChI=1S/C10H13BrClNO4S2/c1-18(14,15)6-2-5-13-19(16,17)8-3-4-10(12)9(11)7-8/h3-4,7,13H,2,5-6H2,1H3. The minimum atomic E-state index is -3.65. The van der Waals surface area contributed by atoms with Gasteiger partial charge in [0.15, 0.2) is 0 Å². The minimum Gasteiger partial charge on any atom is -0.229 e. The van der Waals surface area contributed by atoms with Crippen molar-refractivity contribution in [2.75, 3.05) is 18.6 Å². The molecule has 0 radical (unpaired) electrons. The summed E-state index contributed by atoms with van der Waals surface area (Å²) in [6, 6.07) is 4.24. The fraction of sp³-hybridized carbons (Fsp3) is 0.400. The van der Waals surface area contributed by atoms with Crippen molar-refractivity contribution in [3.63, 3.8) is 0 Å². The first-order valence-electron chi connectivity index (χ1n) is 5.24. The highest BCUT2D eigenvalue weighted by Crippen LogP contribution is 2.25. The average molecular weight is 391 g/mol. The molecule has 19 heavy (non-hydrogen) atoms. The Morgan fingerprint density at radius 2 is 1.89 bits per heavy atom. The lowest BCUT2D eigenvalue weighted by atomic mass is 10.4. The zero-order valence-electron chi connectivity index (χ0n) is 10.1. The summed E-state index contributed by atoms with van der Waals surface area (Å²) in [6.45, 7) is 0.0651. The molecule has 0 unspecified atom stereocenters. The predicted octanol–water partition coefficient (Wildman–Crippen LogP) is 1.82. The molecule has 0 aliphatic heterocycles. The summed E-state index contributed by atoms with van der Waals surface area (Å²) in [5.41, 5.74) is 0. The molecule has 0 atom stereocenters. The maximum atomic E-state index is 11.9. The first-order valence-corrected chi connectivity index (χ1v) is 9.96. The molecule has 0 heterocycles.